The third-order valence-corrected chi connectivity index (χ3v) is 4.39. The Morgan fingerprint density at radius 1 is 1.07 bits per heavy atom. The lowest BCUT2D eigenvalue weighted by Crippen LogP contribution is -2.13. The van der Waals surface area contributed by atoms with Crippen molar-refractivity contribution in [3.8, 4) is 11.5 Å². The van der Waals surface area contributed by atoms with Crippen molar-refractivity contribution in [2.45, 2.75) is 6.54 Å². The average Bonchev–Trinajstić information content (AvgIpc) is 3.15. The lowest BCUT2D eigenvalue weighted by Gasteiger charge is -2.09. The highest BCUT2D eigenvalue weighted by molar-refractivity contribution is 6.34. The van der Waals surface area contributed by atoms with Gasteiger partial charge in [-0.2, -0.15) is 0 Å². The Labute approximate surface area is 161 Å². The van der Waals surface area contributed by atoms with Gasteiger partial charge in [-0.3, -0.25) is 4.79 Å². The van der Waals surface area contributed by atoms with Crippen LogP contribution in [0.4, 0.5) is 11.5 Å². The summed E-state index contributed by atoms with van der Waals surface area (Å²) in [6.07, 6.45) is 1.66. The van der Waals surface area contributed by atoms with Gasteiger partial charge in [-0.25, -0.2) is 4.98 Å². The summed E-state index contributed by atoms with van der Waals surface area (Å²) in [6, 6.07) is 16.3. The van der Waals surface area contributed by atoms with Crippen LogP contribution in [-0.4, -0.2) is 17.7 Å². The number of hydrogen-bond acceptors (Lipinski definition) is 5. The van der Waals surface area contributed by atoms with Crippen LogP contribution in [0.3, 0.4) is 0 Å². The first kappa shape index (κ1) is 17.2. The molecule has 0 saturated carbocycles. The molecule has 1 amide bonds. The number of halogens is 1. The fraction of sp³-hybridized carbons (Fsp3) is 0.100. The van der Waals surface area contributed by atoms with Crippen molar-refractivity contribution in [2.24, 2.45) is 0 Å². The molecule has 1 aliphatic heterocycles. The molecule has 0 fully saturated rings. The van der Waals surface area contributed by atoms with Gasteiger partial charge in [0, 0.05) is 6.54 Å². The number of aromatic nitrogens is 1. The Morgan fingerprint density at radius 2 is 1.93 bits per heavy atom. The number of nitrogens with one attached hydrogen (secondary N) is 2. The summed E-state index contributed by atoms with van der Waals surface area (Å²) in [7, 11) is 0. The van der Waals surface area contributed by atoms with E-state index < -0.39 is 0 Å². The van der Waals surface area contributed by atoms with Crippen LogP contribution in [0, 0.1) is 0 Å². The van der Waals surface area contributed by atoms with Crippen molar-refractivity contribution in [1.29, 1.82) is 0 Å². The molecule has 1 aliphatic rings. The highest BCUT2D eigenvalue weighted by Crippen LogP contribution is 2.32. The van der Waals surface area contributed by atoms with E-state index in [-0.39, 0.29) is 12.7 Å². The molecule has 0 spiro atoms. The van der Waals surface area contributed by atoms with Crippen molar-refractivity contribution in [3.05, 3.63) is 76.9 Å². The standard InChI is InChI=1S/C20H16ClN3O3/c21-16-4-2-1-3-15(16)20(25)24-19-8-6-14(11-23-19)22-10-13-5-7-17-18(9-13)27-12-26-17/h1-9,11,22H,10,12H2,(H,23,24,25). The van der Waals surface area contributed by atoms with Crippen LogP contribution in [0.25, 0.3) is 0 Å². The van der Waals surface area contributed by atoms with Gasteiger partial charge in [0.2, 0.25) is 6.79 Å². The number of fused-ring (bicyclic) bond motifs is 1. The fourth-order valence-corrected chi connectivity index (χ4v) is 2.88. The van der Waals surface area contributed by atoms with Gasteiger partial charge < -0.3 is 20.1 Å². The monoisotopic (exact) mass is 381 g/mol. The lowest BCUT2D eigenvalue weighted by atomic mass is 10.2. The van der Waals surface area contributed by atoms with Crippen molar-refractivity contribution < 1.29 is 14.3 Å². The van der Waals surface area contributed by atoms with Crippen molar-refractivity contribution in [1.82, 2.24) is 4.98 Å². The minimum absolute atomic E-state index is 0.261. The molecule has 0 radical (unpaired) electrons. The number of benzene rings is 2. The number of ether oxygens (including phenoxy) is 2. The number of carbonyl (C=O) groups is 1. The second-order valence-corrected chi connectivity index (χ2v) is 6.31. The van der Waals surface area contributed by atoms with E-state index in [2.05, 4.69) is 15.6 Å². The minimum Gasteiger partial charge on any atom is -0.454 e. The van der Waals surface area contributed by atoms with Crippen molar-refractivity contribution in [3.63, 3.8) is 0 Å². The third-order valence-electron chi connectivity index (χ3n) is 4.06. The predicted molar refractivity (Wildman–Crippen MR) is 104 cm³/mol. The largest absolute Gasteiger partial charge is 0.454 e. The number of amides is 1. The van der Waals surface area contributed by atoms with E-state index in [1.807, 2.05) is 24.3 Å². The summed E-state index contributed by atoms with van der Waals surface area (Å²) in [6.45, 7) is 0.876. The molecule has 2 heterocycles. The molecule has 0 unspecified atom stereocenters. The highest BCUT2D eigenvalue weighted by Gasteiger charge is 2.13. The zero-order valence-corrected chi connectivity index (χ0v) is 15.0. The topological polar surface area (TPSA) is 72.5 Å². The normalized spacial score (nSPS) is 11.9. The van der Waals surface area contributed by atoms with E-state index in [1.165, 1.54) is 0 Å². The van der Waals surface area contributed by atoms with Gasteiger partial charge in [0.25, 0.3) is 5.91 Å². The molecular weight excluding hydrogens is 366 g/mol. The molecule has 6 nitrogen and oxygen atoms in total. The number of carbonyl (C=O) groups excluding carboxylic acids is 1. The third kappa shape index (κ3) is 3.96. The zero-order valence-electron chi connectivity index (χ0n) is 14.2. The average molecular weight is 382 g/mol. The van der Waals surface area contributed by atoms with Gasteiger partial charge in [0.05, 0.1) is 22.5 Å². The molecule has 27 heavy (non-hydrogen) atoms. The first-order valence-corrected chi connectivity index (χ1v) is 8.71. The molecule has 0 bridgehead atoms. The van der Waals surface area contributed by atoms with Gasteiger partial charge in [-0.15, -0.1) is 0 Å². The van der Waals surface area contributed by atoms with Crippen molar-refractivity contribution in [2.75, 3.05) is 17.4 Å². The molecule has 0 aliphatic carbocycles. The van der Waals surface area contributed by atoms with Crippen LogP contribution in [0.1, 0.15) is 15.9 Å². The molecule has 2 aromatic carbocycles. The summed E-state index contributed by atoms with van der Waals surface area (Å²) in [5.41, 5.74) is 2.31. The van der Waals surface area contributed by atoms with Gasteiger partial charge in [-0.1, -0.05) is 29.8 Å². The van der Waals surface area contributed by atoms with E-state index in [9.17, 15) is 4.79 Å². The maximum atomic E-state index is 12.3. The quantitative estimate of drug-likeness (QED) is 0.688. The van der Waals surface area contributed by atoms with E-state index in [0.29, 0.717) is 22.9 Å². The van der Waals surface area contributed by atoms with Crippen LogP contribution in [0.15, 0.2) is 60.8 Å². The molecule has 3 aromatic rings. The van der Waals surface area contributed by atoms with Crippen LogP contribution < -0.4 is 20.1 Å². The molecule has 136 valence electrons. The molecule has 7 heteroatoms. The predicted octanol–water partition coefficient (Wildman–Crippen LogP) is 4.33. The Morgan fingerprint density at radius 3 is 2.74 bits per heavy atom. The Bertz CT molecular complexity index is 976. The van der Waals surface area contributed by atoms with Gasteiger partial charge in [0.15, 0.2) is 11.5 Å². The molecule has 0 atom stereocenters. The summed E-state index contributed by atoms with van der Waals surface area (Å²) >= 11 is 6.04. The van der Waals surface area contributed by atoms with Crippen LogP contribution >= 0.6 is 11.6 Å². The maximum Gasteiger partial charge on any atom is 0.258 e. The summed E-state index contributed by atoms with van der Waals surface area (Å²) < 4.78 is 10.7. The van der Waals surface area contributed by atoms with Gasteiger partial charge >= 0.3 is 0 Å². The number of nitrogens with zero attached hydrogens (tertiary/aromatic N) is 1. The van der Waals surface area contributed by atoms with Crippen LogP contribution in [0.5, 0.6) is 11.5 Å². The van der Waals surface area contributed by atoms with Crippen LogP contribution in [-0.2, 0) is 6.54 Å². The van der Waals surface area contributed by atoms with Crippen LogP contribution in [0.2, 0.25) is 5.02 Å². The Hall–Kier alpha value is -3.25. The molecule has 1 aromatic heterocycles. The summed E-state index contributed by atoms with van der Waals surface area (Å²) in [5.74, 6) is 1.67. The second kappa shape index (κ2) is 7.55. The number of hydrogen-bond donors (Lipinski definition) is 2. The second-order valence-electron chi connectivity index (χ2n) is 5.91. The number of pyridine rings is 1. The maximum absolute atomic E-state index is 12.3. The smallest absolute Gasteiger partial charge is 0.258 e. The van der Waals surface area contributed by atoms with E-state index >= 15 is 0 Å². The highest BCUT2D eigenvalue weighted by atomic mass is 35.5. The minimum atomic E-state index is -0.297. The Kier molecular flexibility index (Phi) is 4.80. The number of anilines is 2. The molecular formula is C20H16ClN3O3. The van der Waals surface area contributed by atoms with E-state index in [0.717, 1.165) is 22.7 Å². The molecule has 4 rings (SSSR count). The Balaban J connectivity index is 1.36. The van der Waals surface area contributed by atoms with Crippen molar-refractivity contribution >= 4 is 29.0 Å². The van der Waals surface area contributed by atoms with Gasteiger partial charge in [0.1, 0.15) is 5.82 Å². The fourth-order valence-electron chi connectivity index (χ4n) is 2.66. The van der Waals surface area contributed by atoms with E-state index in [1.54, 1.807) is 36.5 Å². The number of rotatable bonds is 5. The SMILES string of the molecule is O=C(Nc1ccc(NCc2ccc3c(c2)OCO3)cn1)c1ccccc1Cl. The lowest BCUT2D eigenvalue weighted by molar-refractivity contribution is 0.102. The van der Waals surface area contributed by atoms with E-state index in [4.69, 9.17) is 21.1 Å². The summed E-state index contributed by atoms with van der Waals surface area (Å²) in [5, 5.41) is 6.42. The first-order chi connectivity index (χ1) is 13.2. The molecule has 0 saturated heterocycles. The first-order valence-electron chi connectivity index (χ1n) is 8.33. The summed E-state index contributed by atoms with van der Waals surface area (Å²) in [4.78, 5) is 16.5. The zero-order chi connectivity index (χ0) is 18.6. The molecule has 2 N–H and O–H groups in total. The van der Waals surface area contributed by atoms with Gasteiger partial charge in [-0.05, 0) is 42.0 Å².